The smallest absolute Gasteiger partial charge is 0.128 e. The fourth-order valence-electron chi connectivity index (χ4n) is 1.46. The van der Waals surface area contributed by atoms with Crippen LogP contribution in [0.4, 0.5) is 4.39 Å². The summed E-state index contributed by atoms with van der Waals surface area (Å²) in [7, 11) is 0. The quantitative estimate of drug-likeness (QED) is 0.634. The molecule has 1 aromatic carbocycles. The van der Waals surface area contributed by atoms with Gasteiger partial charge in [0.15, 0.2) is 0 Å². The predicted octanol–water partition coefficient (Wildman–Crippen LogP) is 4.08. The van der Waals surface area contributed by atoms with Crippen molar-refractivity contribution in [1.29, 1.82) is 0 Å². The fraction of sp³-hybridized carbons (Fsp3) is 0.357. The lowest BCUT2D eigenvalue weighted by Gasteiger charge is -2.06. The van der Waals surface area contributed by atoms with Crippen LogP contribution < -0.4 is 0 Å². The summed E-state index contributed by atoms with van der Waals surface area (Å²) in [5.41, 5.74) is 4.49. The summed E-state index contributed by atoms with van der Waals surface area (Å²) in [6.07, 6.45) is 1.48. The summed E-state index contributed by atoms with van der Waals surface area (Å²) < 4.78 is 13.4. The molecule has 0 aliphatic carbocycles. The van der Waals surface area contributed by atoms with Gasteiger partial charge in [-0.05, 0) is 31.7 Å². The number of hydrogen-bond donors (Lipinski definition) is 0. The molecule has 0 saturated heterocycles. The van der Waals surface area contributed by atoms with E-state index in [0.717, 1.165) is 12.8 Å². The van der Waals surface area contributed by atoms with Crippen molar-refractivity contribution in [3.63, 3.8) is 0 Å². The summed E-state index contributed by atoms with van der Waals surface area (Å²) in [5, 5.41) is 0. The van der Waals surface area contributed by atoms with Gasteiger partial charge in [-0.25, -0.2) is 4.39 Å². The molecule has 1 unspecified atom stereocenters. The van der Waals surface area contributed by atoms with Gasteiger partial charge in [-0.15, -0.1) is 5.73 Å². The Morgan fingerprint density at radius 2 is 2.07 bits per heavy atom. The van der Waals surface area contributed by atoms with Crippen LogP contribution in [0.5, 0.6) is 0 Å². The van der Waals surface area contributed by atoms with E-state index in [1.165, 1.54) is 5.56 Å². The van der Waals surface area contributed by atoms with Crippen LogP contribution in [0, 0.1) is 0 Å². The number of benzene rings is 1. The Hall–Kier alpha value is -1.33. The largest absolute Gasteiger partial charge is 0.242 e. The van der Waals surface area contributed by atoms with Gasteiger partial charge in [-0.2, -0.15) is 0 Å². The lowest BCUT2D eigenvalue weighted by molar-refractivity contribution is 0.354. The standard InChI is InChI=1S/C14H17F/c1-3-12(2)14(15)11-7-10-13-8-5-4-6-9-13/h4-6,8-9,14H,1,7,10-11H2,2H3. The average Bonchev–Trinajstić information content (AvgIpc) is 2.29. The molecule has 0 nitrogen and oxygen atoms in total. The van der Waals surface area contributed by atoms with Crippen LogP contribution in [0.2, 0.25) is 0 Å². The minimum absolute atomic E-state index is 0.559. The molecule has 0 saturated carbocycles. The second-order valence-corrected chi connectivity index (χ2v) is 3.71. The Labute approximate surface area is 91.1 Å². The maximum Gasteiger partial charge on any atom is 0.128 e. The van der Waals surface area contributed by atoms with Crippen molar-refractivity contribution in [2.45, 2.75) is 32.4 Å². The van der Waals surface area contributed by atoms with Crippen molar-refractivity contribution in [3.8, 4) is 0 Å². The maximum absolute atomic E-state index is 13.4. The van der Waals surface area contributed by atoms with Gasteiger partial charge in [0.25, 0.3) is 0 Å². The number of halogens is 1. The Balaban J connectivity index is 2.31. The molecule has 0 heterocycles. The molecule has 1 heteroatoms. The van der Waals surface area contributed by atoms with Gasteiger partial charge < -0.3 is 0 Å². The van der Waals surface area contributed by atoms with Crippen LogP contribution in [-0.2, 0) is 6.42 Å². The molecule has 1 atom stereocenters. The van der Waals surface area contributed by atoms with Crippen LogP contribution in [0.25, 0.3) is 0 Å². The normalized spacial score (nSPS) is 11.9. The molecule has 0 aromatic heterocycles. The Bertz CT molecular complexity index is 334. The summed E-state index contributed by atoms with van der Waals surface area (Å²) in [4.78, 5) is 0. The highest BCUT2D eigenvalue weighted by Gasteiger charge is 2.07. The van der Waals surface area contributed by atoms with E-state index in [0.29, 0.717) is 12.0 Å². The third-order valence-corrected chi connectivity index (χ3v) is 2.51. The molecule has 1 aromatic rings. The molecule has 1 rings (SSSR count). The molecule has 0 aliphatic rings. The third-order valence-electron chi connectivity index (χ3n) is 2.51. The molecule has 0 amide bonds. The van der Waals surface area contributed by atoms with Crippen molar-refractivity contribution < 1.29 is 4.39 Å². The highest BCUT2D eigenvalue weighted by Crippen LogP contribution is 2.13. The monoisotopic (exact) mass is 204 g/mol. The zero-order valence-electron chi connectivity index (χ0n) is 9.17. The highest BCUT2D eigenvalue weighted by atomic mass is 19.1. The maximum atomic E-state index is 13.4. The Morgan fingerprint density at radius 3 is 2.67 bits per heavy atom. The molecule has 0 spiro atoms. The minimum atomic E-state index is -0.883. The third kappa shape index (κ3) is 4.14. The molecule has 0 N–H and O–H groups in total. The zero-order chi connectivity index (χ0) is 11.1. The first-order valence-electron chi connectivity index (χ1n) is 5.28. The van der Waals surface area contributed by atoms with Crippen LogP contribution >= 0.6 is 0 Å². The lowest BCUT2D eigenvalue weighted by Crippen LogP contribution is -2.01. The van der Waals surface area contributed by atoms with Crippen molar-refractivity contribution in [2.75, 3.05) is 0 Å². The van der Waals surface area contributed by atoms with Gasteiger partial charge in [0.05, 0.1) is 0 Å². The lowest BCUT2D eigenvalue weighted by atomic mass is 10.0. The number of allylic oxidation sites excluding steroid dienone is 1. The molecule has 15 heavy (non-hydrogen) atoms. The second kappa shape index (κ2) is 6.21. The Morgan fingerprint density at radius 1 is 1.40 bits per heavy atom. The van der Waals surface area contributed by atoms with E-state index in [1.807, 2.05) is 18.2 Å². The first-order valence-corrected chi connectivity index (χ1v) is 5.28. The number of hydrogen-bond acceptors (Lipinski definition) is 0. The van der Waals surface area contributed by atoms with Crippen molar-refractivity contribution >= 4 is 0 Å². The SMILES string of the molecule is C=C=C(C)C(F)CCCc1ccccc1. The zero-order valence-corrected chi connectivity index (χ0v) is 9.17. The van der Waals surface area contributed by atoms with E-state index in [1.54, 1.807) is 6.92 Å². The first kappa shape index (κ1) is 11.7. The summed E-state index contributed by atoms with van der Waals surface area (Å²) in [6.45, 7) is 5.18. The van der Waals surface area contributed by atoms with Gasteiger partial charge in [0, 0.05) is 5.57 Å². The summed E-state index contributed by atoms with van der Waals surface area (Å²) in [5.74, 6) is 0. The fourth-order valence-corrected chi connectivity index (χ4v) is 1.46. The number of alkyl halides is 1. The van der Waals surface area contributed by atoms with Gasteiger partial charge >= 0.3 is 0 Å². The van der Waals surface area contributed by atoms with Crippen LogP contribution in [0.1, 0.15) is 25.3 Å². The van der Waals surface area contributed by atoms with Crippen LogP contribution in [0.3, 0.4) is 0 Å². The van der Waals surface area contributed by atoms with E-state index >= 15 is 0 Å². The van der Waals surface area contributed by atoms with Crippen LogP contribution in [-0.4, -0.2) is 6.17 Å². The molecule has 80 valence electrons. The van der Waals surface area contributed by atoms with Crippen molar-refractivity contribution in [1.82, 2.24) is 0 Å². The van der Waals surface area contributed by atoms with E-state index < -0.39 is 6.17 Å². The van der Waals surface area contributed by atoms with Gasteiger partial charge in [0.1, 0.15) is 6.17 Å². The Kier molecular flexibility index (Phi) is 4.86. The number of aryl methyl sites for hydroxylation is 1. The molecular formula is C14H17F. The van der Waals surface area contributed by atoms with E-state index in [9.17, 15) is 4.39 Å². The molecule has 0 aliphatic heterocycles. The van der Waals surface area contributed by atoms with E-state index in [4.69, 9.17) is 0 Å². The average molecular weight is 204 g/mol. The van der Waals surface area contributed by atoms with Gasteiger partial charge in [-0.3, -0.25) is 0 Å². The summed E-state index contributed by atoms with van der Waals surface area (Å²) in [6, 6.07) is 10.2. The van der Waals surface area contributed by atoms with Crippen LogP contribution in [0.15, 0.2) is 48.2 Å². The first-order chi connectivity index (χ1) is 7.24. The van der Waals surface area contributed by atoms with Crippen molar-refractivity contribution in [3.05, 3.63) is 53.8 Å². The molecule has 0 fully saturated rings. The van der Waals surface area contributed by atoms with Gasteiger partial charge in [0.2, 0.25) is 0 Å². The predicted molar refractivity (Wildman–Crippen MR) is 62.6 cm³/mol. The summed E-state index contributed by atoms with van der Waals surface area (Å²) >= 11 is 0. The second-order valence-electron chi connectivity index (χ2n) is 3.71. The van der Waals surface area contributed by atoms with Crippen molar-refractivity contribution in [2.24, 2.45) is 0 Å². The van der Waals surface area contributed by atoms with Gasteiger partial charge in [-0.1, -0.05) is 36.9 Å². The highest BCUT2D eigenvalue weighted by molar-refractivity contribution is 5.14. The minimum Gasteiger partial charge on any atom is -0.242 e. The number of rotatable bonds is 5. The molecule has 0 bridgehead atoms. The molecular weight excluding hydrogens is 187 g/mol. The molecule has 0 radical (unpaired) electrons. The van der Waals surface area contributed by atoms with E-state index in [2.05, 4.69) is 24.4 Å². The van der Waals surface area contributed by atoms with E-state index in [-0.39, 0.29) is 0 Å². The topological polar surface area (TPSA) is 0 Å².